The second-order valence-electron chi connectivity index (χ2n) is 9.04. The van der Waals surface area contributed by atoms with E-state index in [1.54, 1.807) is 50.5 Å². The van der Waals surface area contributed by atoms with Crippen LogP contribution >= 0.6 is 0 Å². The molecule has 2 N–H and O–H groups in total. The van der Waals surface area contributed by atoms with Crippen LogP contribution in [0.15, 0.2) is 84.9 Å². The number of halogens is 3. The highest BCUT2D eigenvalue weighted by Crippen LogP contribution is 2.37. The van der Waals surface area contributed by atoms with Crippen LogP contribution in [0.25, 0.3) is 11.1 Å². The number of hydrogen-bond donors (Lipinski definition) is 2. The van der Waals surface area contributed by atoms with Gasteiger partial charge in [0, 0.05) is 33.3 Å². The third-order valence-corrected chi connectivity index (χ3v) is 6.00. The molecule has 39 heavy (non-hydrogen) atoms. The summed E-state index contributed by atoms with van der Waals surface area (Å²) in [5.41, 5.74) is 2.92. The topological polar surface area (TPSA) is 61.8 Å². The third kappa shape index (κ3) is 8.48. The second-order valence-corrected chi connectivity index (χ2v) is 9.04. The Bertz CT molecular complexity index is 1300. The summed E-state index contributed by atoms with van der Waals surface area (Å²) in [5, 5.41) is 13.0. The Hall–Kier alpha value is -4.04. The number of phenols is 1. The molecule has 8 heteroatoms. The van der Waals surface area contributed by atoms with Crippen LogP contribution in [0, 0.1) is 0 Å². The number of carbonyl (C=O) groups is 1. The average Bonchev–Trinajstić information content (AvgIpc) is 2.91. The molecule has 0 aliphatic carbocycles. The van der Waals surface area contributed by atoms with Crippen molar-refractivity contribution in [3.05, 3.63) is 107 Å². The molecule has 1 amide bonds. The zero-order chi connectivity index (χ0) is 28.4. The number of nitrogens with one attached hydrogen (secondary N) is 1. The highest BCUT2D eigenvalue weighted by molar-refractivity contribution is 5.98. The molecule has 0 spiro atoms. The van der Waals surface area contributed by atoms with Gasteiger partial charge in [0.15, 0.2) is 0 Å². The molecule has 0 fully saturated rings. The largest absolute Gasteiger partial charge is 0.508 e. The lowest BCUT2D eigenvalue weighted by Gasteiger charge is -2.18. The van der Waals surface area contributed by atoms with Gasteiger partial charge in [-0.25, -0.2) is 0 Å². The van der Waals surface area contributed by atoms with Crippen molar-refractivity contribution < 1.29 is 27.8 Å². The maximum absolute atomic E-state index is 13.4. The fourth-order valence-corrected chi connectivity index (χ4v) is 4.00. The molecule has 3 rings (SSSR count). The van der Waals surface area contributed by atoms with Crippen LogP contribution in [0.2, 0.25) is 0 Å². The Morgan fingerprint density at radius 3 is 2.21 bits per heavy atom. The standard InChI is InChI=1S/C31H33F3N2O3/c1-4-28(24-7-5-8-25(21-24)31(32,33)34)30(22-10-14-26(37)15-11-22)23-12-16-27(17-13-23)39-20-19-35-18-6-9-29(38)36(2)3/h5-17,21,35,37H,4,18-20H2,1-3H3/b9-6+,30-28-. The van der Waals surface area contributed by atoms with E-state index in [4.69, 9.17) is 4.74 Å². The second kappa shape index (κ2) is 13.7. The Labute approximate surface area is 227 Å². The Morgan fingerprint density at radius 1 is 0.974 bits per heavy atom. The third-order valence-electron chi connectivity index (χ3n) is 6.00. The van der Waals surface area contributed by atoms with E-state index in [9.17, 15) is 23.1 Å². The zero-order valence-electron chi connectivity index (χ0n) is 22.3. The van der Waals surface area contributed by atoms with Gasteiger partial charge >= 0.3 is 6.18 Å². The summed E-state index contributed by atoms with van der Waals surface area (Å²) in [6, 6.07) is 19.4. The average molecular weight is 539 g/mol. The van der Waals surface area contributed by atoms with E-state index >= 15 is 0 Å². The zero-order valence-corrected chi connectivity index (χ0v) is 22.3. The van der Waals surface area contributed by atoms with E-state index in [1.807, 2.05) is 31.2 Å². The maximum Gasteiger partial charge on any atom is 0.416 e. The minimum atomic E-state index is -4.44. The summed E-state index contributed by atoms with van der Waals surface area (Å²) < 4.78 is 46.1. The molecule has 206 valence electrons. The summed E-state index contributed by atoms with van der Waals surface area (Å²) in [7, 11) is 3.38. The quantitative estimate of drug-likeness (QED) is 0.169. The molecule has 0 unspecified atom stereocenters. The van der Waals surface area contributed by atoms with E-state index in [0.717, 1.165) is 28.3 Å². The number of ether oxygens (including phenoxy) is 1. The fourth-order valence-electron chi connectivity index (χ4n) is 4.00. The smallest absolute Gasteiger partial charge is 0.416 e. The summed E-state index contributed by atoms with van der Waals surface area (Å²) in [4.78, 5) is 13.0. The molecule has 3 aromatic carbocycles. The van der Waals surface area contributed by atoms with Crippen molar-refractivity contribution in [2.45, 2.75) is 19.5 Å². The predicted octanol–water partition coefficient (Wildman–Crippen LogP) is 6.39. The Kier molecular flexibility index (Phi) is 10.3. The molecule has 0 radical (unpaired) electrons. The van der Waals surface area contributed by atoms with E-state index in [1.165, 1.54) is 23.1 Å². The number of likely N-dealkylation sites (N-methyl/N-ethyl adjacent to an activating group) is 1. The first kappa shape index (κ1) is 29.5. The van der Waals surface area contributed by atoms with Gasteiger partial charge in [0.2, 0.25) is 5.91 Å². The highest BCUT2D eigenvalue weighted by atomic mass is 19.4. The first-order chi connectivity index (χ1) is 18.6. The van der Waals surface area contributed by atoms with Crippen LogP contribution in [0.3, 0.4) is 0 Å². The van der Waals surface area contributed by atoms with Crippen LogP contribution in [-0.4, -0.2) is 49.7 Å². The van der Waals surface area contributed by atoms with Crippen molar-refractivity contribution in [3.8, 4) is 11.5 Å². The number of amides is 1. The van der Waals surface area contributed by atoms with Gasteiger partial charge in [-0.2, -0.15) is 13.2 Å². The van der Waals surface area contributed by atoms with Crippen molar-refractivity contribution in [3.63, 3.8) is 0 Å². The van der Waals surface area contributed by atoms with Crippen molar-refractivity contribution in [1.29, 1.82) is 0 Å². The molecule has 0 aromatic heterocycles. The number of allylic oxidation sites excluding steroid dienone is 1. The van der Waals surface area contributed by atoms with Crippen LogP contribution in [0.4, 0.5) is 13.2 Å². The molecule has 0 saturated carbocycles. The van der Waals surface area contributed by atoms with Crippen LogP contribution in [0.5, 0.6) is 11.5 Å². The maximum atomic E-state index is 13.4. The Morgan fingerprint density at radius 2 is 1.62 bits per heavy atom. The molecule has 5 nitrogen and oxygen atoms in total. The minimum absolute atomic E-state index is 0.0758. The molecular formula is C31H33F3N2O3. The normalized spacial score (nSPS) is 12.4. The summed E-state index contributed by atoms with van der Waals surface area (Å²) >= 11 is 0. The molecular weight excluding hydrogens is 505 g/mol. The van der Waals surface area contributed by atoms with Gasteiger partial charge in [-0.1, -0.05) is 49.4 Å². The van der Waals surface area contributed by atoms with E-state index in [0.29, 0.717) is 37.4 Å². The molecule has 0 bridgehead atoms. The Balaban J connectivity index is 1.81. The molecule has 0 aliphatic heterocycles. The van der Waals surface area contributed by atoms with Crippen molar-refractivity contribution in [2.24, 2.45) is 0 Å². The lowest BCUT2D eigenvalue weighted by molar-refractivity contribution is -0.137. The van der Waals surface area contributed by atoms with Crippen LogP contribution in [-0.2, 0) is 11.0 Å². The van der Waals surface area contributed by atoms with Gasteiger partial charge < -0.3 is 20.1 Å². The van der Waals surface area contributed by atoms with Gasteiger partial charge in [-0.05, 0) is 70.7 Å². The van der Waals surface area contributed by atoms with Crippen LogP contribution < -0.4 is 10.1 Å². The highest BCUT2D eigenvalue weighted by Gasteiger charge is 2.30. The summed E-state index contributed by atoms with van der Waals surface area (Å²) in [6.45, 7) is 3.44. The van der Waals surface area contributed by atoms with Crippen molar-refractivity contribution >= 4 is 17.1 Å². The summed E-state index contributed by atoms with van der Waals surface area (Å²) in [6.07, 6.45) is -0.683. The number of hydrogen-bond acceptors (Lipinski definition) is 4. The first-order valence-electron chi connectivity index (χ1n) is 12.6. The van der Waals surface area contributed by atoms with E-state index in [2.05, 4.69) is 5.32 Å². The van der Waals surface area contributed by atoms with Gasteiger partial charge in [0.25, 0.3) is 0 Å². The van der Waals surface area contributed by atoms with Gasteiger partial charge in [0.1, 0.15) is 18.1 Å². The number of rotatable bonds is 11. The van der Waals surface area contributed by atoms with Gasteiger partial charge in [-0.3, -0.25) is 4.79 Å². The van der Waals surface area contributed by atoms with E-state index in [-0.39, 0.29) is 11.7 Å². The summed E-state index contributed by atoms with van der Waals surface area (Å²) in [5.74, 6) is 0.682. The van der Waals surface area contributed by atoms with Gasteiger partial charge in [0.05, 0.1) is 5.56 Å². The number of nitrogens with zero attached hydrogens (tertiary/aromatic N) is 1. The fraction of sp³-hybridized carbons (Fsp3) is 0.258. The molecule has 0 aliphatic rings. The first-order valence-corrected chi connectivity index (χ1v) is 12.6. The number of carbonyl (C=O) groups excluding carboxylic acids is 1. The number of alkyl halides is 3. The molecule has 0 atom stereocenters. The molecule has 0 heterocycles. The van der Waals surface area contributed by atoms with Crippen molar-refractivity contribution in [2.75, 3.05) is 33.8 Å². The minimum Gasteiger partial charge on any atom is -0.508 e. The SMILES string of the molecule is CC/C(=C(\c1ccc(O)cc1)c1ccc(OCCNC/C=C/C(=O)N(C)C)cc1)c1cccc(C(F)(F)F)c1. The van der Waals surface area contributed by atoms with Crippen molar-refractivity contribution in [1.82, 2.24) is 10.2 Å². The lowest BCUT2D eigenvalue weighted by atomic mass is 9.87. The molecule has 3 aromatic rings. The van der Waals surface area contributed by atoms with E-state index < -0.39 is 11.7 Å². The predicted molar refractivity (Wildman–Crippen MR) is 148 cm³/mol. The monoisotopic (exact) mass is 538 g/mol. The lowest BCUT2D eigenvalue weighted by Crippen LogP contribution is -2.22. The van der Waals surface area contributed by atoms with Gasteiger partial charge in [-0.15, -0.1) is 0 Å². The molecule has 0 saturated heterocycles. The number of phenolic OH excluding ortho intramolecular Hbond substituents is 1. The number of aromatic hydroxyl groups is 1. The van der Waals surface area contributed by atoms with Crippen LogP contribution in [0.1, 0.15) is 35.6 Å². The number of benzene rings is 3.